The first-order valence-corrected chi connectivity index (χ1v) is 14.5. The number of nitrogens with one attached hydrogen (secondary N) is 1. The van der Waals surface area contributed by atoms with Gasteiger partial charge in [0.05, 0.1) is 25.9 Å². The third kappa shape index (κ3) is 8.50. The fourth-order valence-electron chi connectivity index (χ4n) is 4.19. The highest BCUT2D eigenvalue weighted by Crippen LogP contribution is 2.54. The summed E-state index contributed by atoms with van der Waals surface area (Å²) >= 11 is 0. The molecular weight excluding hydrogens is 483 g/mol. The van der Waals surface area contributed by atoms with Crippen LogP contribution >= 0.6 is 7.26 Å². The molecule has 0 saturated heterocycles. The summed E-state index contributed by atoms with van der Waals surface area (Å²) in [4.78, 5) is 25.8. The smallest absolute Gasteiger partial charge is 0.414 e. The van der Waals surface area contributed by atoms with Crippen molar-refractivity contribution in [3.05, 3.63) is 91.0 Å². The summed E-state index contributed by atoms with van der Waals surface area (Å²) in [6.45, 7) is 6.98. The Morgan fingerprint density at radius 1 is 0.784 bits per heavy atom. The third-order valence-electron chi connectivity index (χ3n) is 5.83. The number of amides is 2. The van der Waals surface area contributed by atoms with Crippen molar-refractivity contribution in [1.29, 1.82) is 0 Å². The van der Waals surface area contributed by atoms with E-state index in [4.69, 9.17) is 9.47 Å². The lowest BCUT2D eigenvalue weighted by atomic mass is 10.2. The maximum atomic E-state index is 12.2. The van der Waals surface area contributed by atoms with Gasteiger partial charge in [0, 0.05) is 6.54 Å². The van der Waals surface area contributed by atoms with Crippen LogP contribution in [0.4, 0.5) is 4.79 Å². The minimum Gasteiger partial charge on any atom is -0.444 e. The number of ether oxygens (including phenoxy) is 2. The number of rotatable bonds is 11. The second-order valence-corrected chi connectivity index (χ2v) is 13.6. The van der Waals surface area contributed by atoms with Crippen molar-refractivity contribution in [3.63, 3.8) is 0 Å². The minimum atomic E-state index is -1.93. The second-order valence-electron chi connectivity index (χ2n) is 9.94. The van der Waals surface area contributed by atoms with Crippen molar-refractivity contribution in [2.75, 3.05) is 39.5 Å². The van der Waals surface area contributed by atoms with Gasteiger partial charge in [0.15, 0.2) is 0 Å². The maximum absolute atomic E-state index is 12.2. The predicted molar refractivity (Wildman–Crippen MR) is 153 cm³/mol. The number of carbonyl (C=O) groups excluding carboxylic acids is 2. The van der Waals surface area contributed by atoms with E-state index in [-0.39, 0.29) is 6.54 Å². The molecule has 3 aromatic rings. The van der Waals surface area contributed by atoms with Crippen LogP contribution in [0, 0.1) is 0 Å². The topological polar surface area (TPSA) is 67.9 Å². The lowest BCUT2D eigenvalue weighted by Gasteiger charge is -2.27. The van der Waals surface area contributed by atoms with Crippen molar-refractivity contribution in [2.24, 2.45) is 0 Å². The molecule has 0 radical (unpaired) electrons. The lowest BCUT2D eigenvalue weighted by Crippen LogP contribution is -2.42. The number of alkyl carbamates (subject to hydrolysis) is 1. The van der Waals surface area contributed by atoms with Crippen molar-refractivity contribution in [3.8, 4) is 0 Å². The average molecular weight is 522 g/mol. The first-order valence-electron chi connectivity index (χ1n) is 12.5. The Bertz CT molecular complexity index is 1020. The summed E-state index contributed by atoms with van der Waals surface area (Å²) in [6, 6.07) is 32.2. The van der Waals surface area contributed by atoms with Gasteiger partial charge in [0.1, 0.15) is 28.8 Å². The molecule has 0 bridgehead atoms. The largest absolute Gasteiger partial charge is 0.444 e. The lowest BCUT2D eigenvalue weighted by molar-refractivity contribution is -0.121. The fraction of sp³-hybridized carbons (Fsp3) is 0.333. The highest BCUT2D eigenvalue weighted by Gasteiger charge is 2.44. The van der Waals surface area contributed by atoms with E-state index >= 15 is 0 Å². The van der Waals surface area contributed by atoms with Crippen molar-refractivity contribution >= 4 is 35.2 Å². The normalized spacial score (nSPS) is 11.8. The van der Waals surface area contributed by atoms with Crippen LogP contribution in [0.25, 0.3) is 0 Å². The molecule has 0 saturated carbocycles. The Labute approximate surface area is 221 Å². The average Bonchev–Trinajstić information content (AvgIpc) is 2.86. The number of hydrogen-bond acceptors (Lipinski definition) is 5. The van der Waals surface area contributed by atoms with E-state index in [0.29, 0.717) is 19.8 Å². The van der Waals surface area contributed by atoms with Gasteiger partial charge in [-0.25, -0.2) is 4.79 Å². The van der Waals surface area contributed by atoms with Gasteiger partial charge in [0.25, 0.3) is 0 Å². The molecule has 0 aliphatic rings. The van der Waals surface area contributed by atoms with Gasteiger partial charge in [0.2, 0.25) is 5.91 Å². The molecule has 0 fully saturated rings. The summed E-state index contributed by atoms with van der Waals surface area (Å²) in [5.41, 5.74) is -0.652. The molecule has 0 unspecified atom stereocenters. The number of likely N-dealkylation sites (N-methyl/N-ethyl adjacent to an activating group) is 1. The van der Waals surface area contributed by atoms with Crippen LogP contribution in [0.1, 0.15) is 20.8 Å². The highest BCUT2D eigenvalue weighted by molar-refractivity contribution is 7.95. The molecule has 3 aromatic carbocycles. The minimum absolute atomic E-state index is 0.0809. The van der Waals surface area contributed by atoms with Crippen LogP contribution in [0.2, 0.25) is 0 Å². The Morgan fingerprint density at radius 2 is 1.24 bits per heavy atom. The first-order chi connectivity index (χ1) is 17.7. The Balaban J connectivity index is 1.62. The van der Waals surface area contributed by atoms with Gasteiger partial charge in [-0.2, -0.15) is 0 Å². The molecule has 0 atom stereocenters. The summed E-state index contributed by atoms with van der Waals surface area (Å²) in [5, 5.41) is 6.24. The molecule has 7 heteroatoms. The van der Waals surface area contributed by atoms with Gasteiger partial charge >= 0.3 is 6.09 Å². The van der Waals surface area contributed by atoms with Crippen LogP contribution in [-0.4, -0.2) is 62.0 Å². The molecular formula is C30H38N2O4P+. The molecule has 37 heavy (non-hydrogen) atoms. The van der Waals surface area contributed by atoms with Crippen molar-refractivity contribution in [1.82, 2.24) is 10.2 Å². The van der Waals surface area contributed by atoms with Gasteiger partial charge in [-0.3, -0.25) is 15.0 Å². The first kappa shape index (κ1) is 28.5. The standard InChI is InChI=1S/C30H37N2O4P/c1-30(2,3)36-29(34)31-28(33)24-32(4)20-21-35-22-23-37(25-14-8-5-9-15-25,26-16-10-6-11-17-26)27-18-12-7-13-19-27/h5-19H,20-24H2,1-4H3/p+1. The maximum Gasteiger partial charge on any atom is 0.414 e. The second kappa shape index (κ2) is 13.5. The zero-order chi connectivity index (χ0) is 26.7. The Morgan fingerprint density at radius 3 is 1.68 bits per heavy atom. The molecule has 0 aromatic heterocycles. The van der Waals surface area contributed by atoms with Gasteiger partial charge in [-0.05, 0) is 64.2 Å². The summed E-state index contributed by atoms with van der Waals surface area (Å²) in [6.07, 6.45) is 0.138. The fourth-order valence-corrected chi connectivity index (χ4v) is 8.30. The molecule has 0 heterocycles. The Kier molecular flexibility index (Phi) is 10.4. The predicted octanol–water partition coefficient (Wildman–Crippen LogP) is 3.98. The monoisotopic (exact) mass is 521 g/mol. The molecule has 0 spiro atoms. The number of benzene rings is 3. The SMILES string of the molecule is CN(CCOCC[P+](c1ccccc1)(c1ccccc1)c1ccccc1)CC(=O)NC(=O)OC(C)(C)C. The van der Waals surface area contributed by atoms with E-state index in [2.05, 4.69) is 96.3 Å². The molecule has 3 rings (SSSR count). The quantitative estimate of drug-likeness (QED) is 0.306. The Hall–Kier alpha value is -3.05. The van der Waals surface area contributed by atoms with Gasteiger partial charge in [-0.1, -0.05) is 54.6 Å². The van der Waals surface area contributed by atoms with E-state index in [1.165, 1.54) is 15.9 Å². The van der Waals surface area contributed by atoms with Crippen LogP contribution in [0.3, 0.4) is 0 Å². The van der Waals surface area contributed by atoms with Gasteiger partial charge < -0.3 is 9.47 Å². The number of hydrogen-bond donors (Lipinski definition) is 1. The van der Waals surface area contributed by atoms with Gasteiger partial charge in [-0.15, -0.1) is 0 Å². The zero-order valence-corrected chi connectivity index (χ0v) is 23.1. The van der Waals surface area contributed by atoms with Crippen molar-refractivity contribution in [2.45, 2.75) is 26.4 Å². The van der Waals surface area contributed by atoms with E-state index in [1.54, 1.807) is 20.8 Å². The molecule has 2 amide bonds. The van der Waals surface area contributed by atoms with E-state index in [9.17, 15) is 9.59 Å². The molecule has 0 aliphatic heterocycles. The summed E-state index contributed by atoms with van der Waals surface area (Å²) < 4.78 is 11.2. The molecule has 1 N–H and O–H groups in total. The number of imide groups is 1. The number of carbonyl (C=O) groups is 2. The van der Waals surface area contributed by atoms with Crippen LogP contribution in [-0.2, 0) is 14.3 Å². The van der Waals surface area contributed by atoms with Crippen LogP contribution < -0.4 is 21.2 Å². The van der Waals surface area contributed by atoms with E-state index < -0.39 is 24.9 Å². The summed E-state index contributed by atoms with van der Waals surface area (Å²) in [5.74, 6) is -0.404. The molecule has 196 valence electrons. The van der Waals surface area contributed by atoms with E-state index in [1.807, 2.05) is 11.9 Å². The number of nitrogens with zero attached hydrogens (tertiary/aromatic N) is 1. The summed E-state index contributed by atoms with van der Waals surface area (Å²) in [7, 11) is -0.101. The highest BCUT2D eigenvalue weighted by atomic mass is 31.2. The van der Waals surface area contributed by atoms with Crippen LogP contribution in [0.5, 0.6) is 0 Å². The molecule has 6 nitrogen and oxygen atoms in total. The van der Waals surface area contributed by atoms with Crippen molar-refractivity contribution < 1.29 is 19.1 Å². The van der Waals surface area contributed by atoms with E-state index in [0.717, 1.165) is 6.16 Å². The molecule has 0 aliphatic carbocycles. The zero-order valence-electron chi connectivity index (χ0n) is 22.2. The van der Waals surface area contributed by atoms with Crippen LogP contribution in [0.15, 0.2) is 91.0 Å². The third-order valence-corrected chi connectivity index (χ3v) is 10.2.